The van der Waals surface area contributed by atoms with Crippen molar-refractivity contribution in [1.82, 2.24) is 19.9 Å². The maximum Gasteiger partial charge on any atom is 0.433 e. The Balaban J connectivity index is 1.53. The van der Waals surface area contributed by atoms with E-state index in [9.17, 15) is 36.2 Å². The summed E-state index contributed by atoms with van der Waals surface area (Å²) >= 11 is 6.79. The molecule has 2 fully saturated rings. The number of fused-ring (bicyclic) bond motifs is 1. The van der Waals surface area contributed by atoms with E-state index < -0.39 is 47.2 Å². The molecule has 0 radical (unpaired) electrons. The Labute approximate surface area is 271 Å². The number of amides is 1. The van der Waals surface area contributed by atoms with Crippen LogP contribution in [0.15, 0.2) is 36.5 Å². The number of rotatable bonds is 6. The van der Waals surface area contributed by atoms with Crippen molar-refractivity contribution >= 4 is 28.6 Å². The molecule has 5 rings (SSSR count). The van der Waals surface area contributed by atoms with Crippen LogP contribution in [0.3, 0.4) is 0 Å². The lowest BCUT2D eigenvalue weighted by molar-refractivity contribution is -0.199. The largest absolute Gasteiger partial charge is 0.478 e. The molecule has 0 bridgehead atoms. The van der Waals surface area contributed by atoms with Crippen LogP contribution < -0.4 is 9.57 Å². The maximum absolute atomic E-state index is 13.7. The molecule has 0 saturated carbocycles. The normalized spacial score (nSPS) is 18.5. The molecule has 1 amide bonds. The summed E-state index contributed by atoms with van der Waals surface area (Å²) in [6, 6.07) is 6.46. The summed E-state index contributed by atoms with van der Waals surface area (Å²) < 4.78 is 91.4. The molecule has 2 aliphatic rings. The molecule has 1 atom stereocenters. The number of carbonyl (C=O) groups is 1. The van der Waals surface area contributed by atoms with Gasteiger partial charge in [0.25, 0.3) is 5.88 Å². The molecule has 0 spiro atoms. The average Bonchev–Trinajstić information content (AvgIpc) is 2.96. The molecular weight excluding hydrogens is 658 g/mol. The number of hydrogen-bond acceptors (Lipinski definition) is 8. The topological polar surface area (TPSA) is 97.3 Å². The van der Waals surface area contributed by atoms with E-state index in [1.165, 1.54) is 41.3 Å². The highest BCUT2D eigenvalue weighted by atomic mass is 35.5. The van der Waals surface area contributed by atoms with Crippen LogP contribution in [0.2, 0.25) is 5.02 Å². The van der Waals surface area contributed by atoms with E-state index >= 15 is 0 Å². The van der Waals surface area contributed by atoms with Gasteiger partial charge in [0.15, 0.2) is 0 Å². The highest BCUT2D eigenvalue weighted by Gasteiger charge is 2.50. The van der Waals surface area contributed by atoms with Gasteiger partial charge in [0, 0.05) is 43.7 Å². The molecular formula is C31H33ClF6N4O5. The Bertz CT molecular complexity index is 1640. The fourth-order valence-electron chi connectivity index (χ4n) is 5.72. The molecule has 1 aromatic carbocycles. The number of carbonyl (C=O) groups excluding carboxylic acids is 1. The van der Waals surface area contributed by atoms with Crippen molar-refractivity contribution in [2.24, 2.45) is 11.8 Å². The summed E-state index contributed by atoms with van der Waals surface area (Å²) in [5.41, 5.74) is -3.76. The first-order chi connectivity index (χ1) is 21.8. The number of likely N-dealkylation sites (tertiary alicyclic amines) is 1. The van der Waals surface area contributed by atoms with Crippen molar-refractivity contribution < 1.29 is 50.6 Å². The van der Waals surface area contributed by atoms with Gasteiger partial charge >= 0.3 is 18.4 Å². The van der Waals surface area contributed by atoms with Crippen LogP contribution in [0.5, 0.6) is 11.6 Å². The number of hydrogen-bond donors (Lipinski definition) is 1. The number of hydroxylamine groups is 2. The Morgan fingerprint density at radius 2 is 1.62 bits per heavy atom. The standard InChI is InChI=1S/C31H33ClF6N4O5/c1-28(2,3)46-27(43)41-15-20(16-41)29(44,19-7-10-39-23(14-19)31(36,37)38)18-5-6-22-21(13-18)24(32)25(26(40-22)45-4)47-42-11-8-17(9-12-42)30(33,34)35/h5-7,10,13-14,17,20,44H,8-9,11-12,15-16H2,1-4H3. The molecule has 2 saturated heterocycles. The summed E-state index contributed by atoms with van der Waals surface area (Å²) in [6.45, 7) is 4.92. The van der Waals surface area contributed by atoms with Gasteiger partial charge in [-0.05, 0) is 69.0 Å². The third-order valence-corrected chi connectivity index (χ3v) is 8.61. The number of aliphatic hydroxyl groups is 1. The Morgan fingerprint density at radius 1 is 0.979 bits per heavy atom. The number of ether oxygens (including phenoxy) is 2. The van der Waals surface area contributed by atoms with Gasteiger partial charge in [-0.15, -0.1) is 5.06 Å². The highest BCUT2D eigenvalue weighted by Crippen LogP contribution is 2.46. The zero-order chi connectivity index (χ0) is 34.5. The number of aromatic nitrogens is 2. The molecule has 4 heterocycles. The van der Waals surface area contributed by atoms with Gasteiger partial charge in [-0.3, -0.25) is 4.98 Å². The van der Waals surface area contributed by atoms with Crippen molar-refractivity contribution in [3.8, 4) is 11.6 Å². The maximum atomic E-state index is 13.7. The first-order valence-corrected chi connectivity index (χ1v) is 15.1. The molecule has 1 N–H and O–H groups in total. The molecule has 2 aliphatic heterocycles. The molecule has 1 unspecified atom stereocenters. The van der Waals surface area contributed by atoms with Gasteiger partial charge in [-0.1, -0.05) is 17.7 Å². The molecule has 3 aromatic rings. The monoisotopic (exact) mass is 690 g/mol. The third-order valence-electron chi connectivity index (χ3n) is 8.23. The zero-order valence-electron chi connectivity index (χ0n) is 25.9. The molecule has 9 nitrogen and oxygen atoms in total. The fraction of sp³-hybridized carbons (Fsp3) is 0.516. The average molecular weight is 691 g/mol. The van der Waals surface area contributed by atoms with Crippen molar-refractivity contribution in [3.05, 3.63) is 58.4 Å². The van der Waals surface area contributed by atoms with Crippen LogP contribution in [0.4, 0.5) is 31.1 Å². The summed E-state index contributed by atoms with van der Waals surface area (Å²) in [5, 5.41) is 13.9. The van der Waals surface area contributed by atoms with Crippen molar-refractivity contribution in [2.75, 3.05) is 33.3 Å². The summed E-state index contributed by atoms with van der Waals surface area (Å²) in [5.74, 6) is -2.35. The minimum Gasteiger partial charge on any atom is -0.478 e. The van der Waals surface area contributed by atoms with E-state index in [1.807, 2.05) is 0 Å². The lowest BCUT2D eigenvalue weighted by Crippen LogP contribution is -2.59. The molecule has 2 aromatic heterocycles. The lowest BCUT2D eigenvalue weighted by Gasteiger charge is -2.48. The van der Waals surface area contributed by atoms with E-state index in [0.29, 0.717) is 0 Å². The second-order valence-electron chi connectivity index (χ2n) is 12.6. The van der Waals surface area contributed by atoms with Crippen molar-refractivity contribution in [3.63, 3.8) is 0 Å². The first kappa shape index (κ1) is 34.8. The number of pyridine rings is 2. The highest BCUT2D eigenvalue weighted by molar-refractivity contribution is 6.37. The molecule has 16 heteroatoms. The van der Waals surface area contributed by atoms with E-state index in [-0.39, 0.29) is 77.7 Å². The van der Waals surface area contributed by atoms with Crippen LogP contribution in [0.1, 0.15) is 50.4 Å². The molecule has 47 heavy (non-hydrogen) atoms. The Kier molecular flexibility index (Phi) is 9.23. The molecule has 256 valence electrons. The summed E-state index contributed by atoms with van der Waals surface area (Å²) in [7, 11) is 1.31. The van der Waals surface area contributed by atoms with Gasteiger partial charge in [-0.25, -0.2) is 9.78 Å². The molecule has 0 aliphatic carbocycles. The van der Waals surface area contributed by atoms with Crippen LogP contribution in [0, 0.1) is 11.8 Å². The van der Waals surface area contributed by atoms with Gasteiger partial charge in [0.2, 0.25) is 5.75 Å². The van der Waals surface area contributed by atoms with Crippen LogP contribution >= 0.6 is 11.6 Å². The van der Waals surface area contributed by atoms with Crippen molar-refractivity contribution in [2.45, 2.75) is 57.2 Å². The van der Waals surface area contributed by atoms with E-state index in [4.69, 9.17) is 25.9 Å². The lowest BCUT2D eigenvalue weighted by atomic mass is 9.72. The summed E-state index contributed by atoms with van der Waals surface area (Å²) in [4.78, 5) is 27.7. The van der Waals surface area contributed by atoms with Gasteiger partial charge in [-0.2, -0.15) is 26.3 Å². The van der Waals surface area contributed by atoms with E-state index in [2.05, 4.69) is 9.97 Å². The zero-order valence-corrected chi connectivity index (χ0v) is 26.6. The Morgan fingerprint density at radius 3 is 2.19 bits per heavy atom. The van der Waals surface area contributed by atoms with Crippen LogP contribution in [-0.4, -0.2) is 76.2 Å². The third kappa shape index (κ3) is 7.16. The SMILES string of the molecule is COc1nc2ccc(C(O)(c3ccnc(C(F)(F)F)c3)C3CN(C(=O)OC(C)(C)C)C3)cc2c(Cl)c1ON1CCC(C(F)(F)F)CC1. The number of halogens is 7. The van der Waals surface area contributed by atoms with Crippen molar-refractivity contribution in [1.29, 1.82) is 0 Å². The van der Waals surface area contributed by atoms with E-state index in [1.54, 1.807) is 20.8 Å². The van der Waals surface area contributed by atoms with Gasteiger partial charge in [0.1, 0.15) is 21.9 Å². The number of benzene rings is 1. The fourth-order valence-corrected chi connectivity index (χ4v) is 5.99. The predicted octanol–water partition coefficient (Wildman–Crippen LogP) is 6.98. The quantitative estimate of drug-likeness (QED) is 0.277. The van der Waals surface area contributed by atoms with Gasteiger partial charge in [0.05, 0.1) is 18.5 Å². The number of methoxy groups -OCH3 is 1. The van der Waals surface area contributed by atoms with Crippen LogP contribution in [-0.2, 0) is 16.5 Å². The van der Waals surface area contributed by atoms with E-state index in [0.717, 1.165) is 12.3 Å². The number of piperidine rings is 1. The smallest absolute Gasteiger partial charge is 0.433 e. The predicted molar refractivity (Wildman–Crippen MR) is 158 cm³/mol. The Hall–Kier alpha value is -3.56. The second kappa shape index (κ2) is 12.5. The second-order valence-corrected chi connectivity index (χ2v) is 13.0. The summed E-state index contributed by atoms with van der Waals surface area (Å²) in [6.07, 6.45) is -9.18. The minimum absolute atomic E-state index is 0.0377. The number of nitrogens with zero attached hydrogens (tertiary/aromatic N) is 4. The minimum atomic E-state index is -4.80. The van der Waals surface area contributed by atoms with Gasteiger partial charge < -0.3 is 24.3 Å². The number of alkyl halides is 6. The first-order valence-electron chi connectivity index (χ1n) is 14.7. The van der Waals surface area contributed by atoms with Crippen LogP contribution in [0.25, 0.3) is 10.9 Å².